The van der Waals surface area contributed by atoms with E-state index in [4.69, 9.17) is 41.2 Å². The van der Waals surface area contributed by atoms with Crippen molar-refractivity contribution in [3.63, 3.8) is 0 Å². The van der Waals surface area contributed by atoms with Gasteiger partial charge in [-0.1, -0.05) is 23.7 Å². The van der Waals surface area contributed by atoms with Gasteiger partial charge < -0.3 is 30.5 Å². The van der Waals surface area contributed by atoms with Gasteiger partial charge in [-0.25, -0.2) is 9.59 Å². The van der Waals surface area contributed by atoms with Gasteiger partial charge in [0.2, 0.25) is 0 Å². The highest BCUT2D eigenvalue weighted by Crippen LogP contribution is 2.19. The van der Waals surface area contributed by atoms with Crippen LogP contribution in [0, 0.1) is 0 Å². The van der Waals surface area contributed by atoms with Crippen LogP contribution < -0.4 is 5.32 Å². The summed E-state index contributed by atoms with van der Waals surface area (Å²) in [6.45, 7) is 3.53. The molecule has 2 unspecified atom stereocenters. The third-order valence-corrected chi connectivity index (χ3v) is 3.20. The lowest BCUT2D eigenvalue weighted by Gasteiger charge is -2.17. The van der Waals surface area contributed by atoms with Crippen molar-refractivity contribution in [3.05, 3.63) is 34.9 Å². The number of ether oxygens (including phenoxy) is 1. The Balaban J connectivity index is 0.000000823. The minimum Gasteiger partial charge on any atom is -0.473 e. The Morgan fingerprint density at radius 2 is 1.76 bits per heavy atom. The molecule has 0 aliphatic rings. The fraction of sp³-hybridized carbons (Fsp3) is 0.500. The summed E-state index contributed by atoms with van der Waals surface area (Å²) in [5, 5.41) is 36.9. The Kier molecular flexibility index (Phi) is 12.6. The molecule has 0 aliphatic heterocycles. The molecule has 1 aromatic carbocycles. The van der Waals surface area contributed by atoms with E-state index >= 15 is 0 Å². The highest BCUT2D eigenvalue weighted by atomic mass is 35.5. The number of aliphatic hydroxyl groups is 2. The van der Waals surface area contributed by atoms with Crippen LogP contribution in [-0.2, 0) is 14.3 Å². The van der Waals surface area contributed by atoms with Gasteiger partial charge in [0.1, 0.15) is 0 Å². The first-order chi connectivity index (χ1) is 11.8. The van der Waals surface area contributed by atoms with Gasteiger partial charge in [-0.2, -0.15) is 0 Å². The van der Waals surface area contributed by atoms with E-state index in [9.17, 15) is 5.11 Å². The molecule has 1 rings (SSSR count). The van der Waals surface area contributed by atoms with Gasteiger partial charge in [0.05, 0.1) is 18.8 Å². The number of hydrogen-bond donors (Lipinski definition) is 5. The van der Waals surface area contributed by atoms with Crippen LogP contribution in [0.25, 0.3) is 0 Å². The first-order valence-electron chi connectivity index (χ1n) is 7.60. The van der Waals surface area contributed by atoms with Crippen molar-refractivity contribution in [3.8, 4) is 0 Å². The monoisotopic (exact) mass is 377 g/mol. The summed E-state index contributed by atoms with van der Waals surface area (Å²) >= 11 is 5.82. The van der Waals surface area contributed by atoms with Gasteiger partial charge in [0.15, 0.2) is 0 Å². The molecule has 1 aromatic rings. The van der Waals surface area contributed by atoms with E-state index in [1.165, 1.54) is 0 Å². The summed E-state index contributed by atoms with van der Waals surface area (Å²) < 4.78 is 5.60. The Morgan fingerprint density at radius 1 is 1.20 bits per heavy atom. The largest absolute Gasteiger partial charge is 0.473 e. The van der Waals surface area contributed by atoms with Crippen molar-refractivity contribution in [2.24, 2.45) is 0 Å². The SMILES string of the molecule is CC(OCC(O)CNCCCO)c1ccc(Cl)cc1.O=C(O)C(=O)O. The summed E-state index contributed by atoms with van der Waals surface area (Å²) in [6, 6.07) is 7.48. The van der Waals surface area contributed by atoms with Crippen LogP contribution in [0.3, 0.4) is 0 Å². The molecule has 0 fully saturated rings. The second kappa shape index (κ2) is 13.6. The first-order valence-corrected chi connectivity index (χ1v) is 7.98. The zero-order valence-corrected chi connectivity index (χ0v) is 14.6. The highest BCUT2D eigenvalue weighted by Gasteiger charge is 2.09. The maximum Gasteiger partial charge on any atom is 0.414 e. The van der Waals surface area contributed by atoms with Gasteiger partial charge in [0, 0.05) is 18.2 Å². The van der Waals surface area contributed by atoms with Gasteiger partial charge in [-0.3, -0.25) is 0 Å². The molecule has 0 saturated carbocycles. The number of nitrogens with one attached hydrogen (secondary N) is 1. The molecule has 0 aromatic heterocycles. The average molecular weight is 378 g/mol. The Labute approximate surface area is 151 Å². The molecule has 2 atom stereocenters. The van der Waals surface area contributed by atoms with Crippen LogP contribution in [-0.4, -0.2) is 64.8 Å². The van der Waals surface area contributed by atoms with E-state index in [1.807, 2.05) is 31.2 Å². The normalized spacial score (nSPS) is 12.6. The number of aliphatic hydroxyl groups excluding tert-OH is 2. The Bertz CT molecular complexity index is 498. The van der Waals surface area contributed by atoms with Crippen LogP contribution in [0.5, 0.6) is 0 Å². The molecular weight excluding hydrogens is 354 g/mol. The summed E-state index contributed by atoms with van der Waals surface area (Å²) in [6.07, 6.45) is 0.0622. The van der Waals surface area contributed by atoms with E-state index < -0.39 is 18.0 Å². The molecule has 25 heavy (non-hydrogen) atoms. The Hall–Kier alpha value is -1.71. The molecule has 0 bridgehead atoms. The second-order valence-corrected chi connectivity index (χ2v) is 5.51. The van der Waals surface area contributed by atoms with Crippen LogP contribution in [0.15, 0.2) is 24.3 Å². The van der Waals surface area contributed by atoms with Crippen molar-refractivity contribution in [1.29, 1.82) is 0 Å². The van der Waals surface area contributed by atoms with Crippen LogP contribution in [0.2, 0.25) is 5.02 Å². The number of rotatable bonds is 9. The number of aliphatic carboxylic acids is 2. The van der Waals surface area contributed by atoms with E-state index in [2.05, 4.69) is 5.32 Å². The van der Waals surface area contributed by atoms with E-state index in [1.54, 1.807) is 0 Å². The summed E-state index contributed by atoms with van der Waals surface area (Å²) in [7, 11) is 0. The smallest absolute Gasteiger partial charge is 0.414 e. The lowest BCUT2D eigenvalue weighted by atomic mass is 10.1. The summed E-state index contributed by atoms with van der Waals surface area (Å²) in [5.41, 5.74) is 1.03. The predicted octanol–water partition coefficient (Wildman–Crippen LogP) is 0.906. The van der Waals surface area contributed by atoms with Gasteiger partial charge >= 0.3 is 11.9 Å². The molecule has 0 saturated heterocycles. The van der Waals surface area contributed by atoms with Crippen LogP contribution in [0.1, 0.15) is 25.0 Å². The number of hydrogen-bond acceptors (Lipinski definition) is 6. The minimum atomic E-state index is -1.82. The number of carboxylic acid groups (broad SMARTS) is 2. The summed E-state index contributed by atoms with van der Waals surface area (Å²) in [5.74, 6) is -3.65. The number of benzene rings is 1. The van der Waals surface area contributed by atoms with Crippen molar-refractivity contribution in [2.45, 2.75) is 25.6 Å². The molecule has 0 amide bonds. The fourth-order valence-electron chi connectivity index (χ4n) is 1.62. The summed E-state index contributed by atoms with van der Waals surface area (Å²) in [4.78, 5) is 18.2. The molecule has 8 nitrogen and oxygen atoms in total. The lowest BCUT2D eigenvalue weighted by molar-refractivity contribution is -0.159. The maximum atomic E-state index is 9.72. The van der Waals surface area contributed by atoms with Gasteiger partial charge in [-0.15, -0.1) is 0 Å². The van der Waals surface area contributed by atoms with Gasteiger partial charge in [-0.05, 0) is 37.6 Å². The molecule has 0 heterocycles. The number of carboxylic acids is 2. The van der Waals surface area contributed by atoms with Crippen LogP contribution >= 0.6 is 11.6 Å². The molecule has 5 N–H and O–H groups in total. The molecule has 0 aliphatic carbocycles. The third kappa shape index (κ3) is 12.3. The minimum absolute atomic E-state index is 0.0793. The van der Waals surface area contributed by atoms with Crippen molar-refractivity contribution >= 4 is 23.5 Å². The first kappa shape index (κ1) is 23.3. The molecule has 0 spiro atoms. The molecule has 0 radical (unpaired) electrons. The van der Waals surface area contributed by atoms with Crippen molar-refractivity contribution in [2.75, 3.05) is 26.3 Å². The quantitative estimate of drug-likeness (QED) is 0.316. The van der Waals surface area contributed by atoms with Gasteiger partial charge in [0.25, 0.3) is 0 Å². The average Bonchev–Trinajstić information content (AvgIpc) is 2.57. The predicted molar refractivity (Wildman–Crippen MR) is 91.7 cm³/mol. The van der Waals surface area contributed by atoms with E-state index in [0.717, 1.165) is 5.56 Å². The topological polar surface area (TPSA) is 136 Å². The fourth-order valence-corrected chi connectivity index (χ4v) is 1.74. The highest BCUT2D eigenvalue weighted by molar-refractivity contribution is 6.30. The van der Waals surface area contributed by atoms with Crippen molar-refractivity contribution < 1.29 is 34.8 Å². The van der Waals surface area contributed by atoms with E-state index in [-0.39, 0.29) is 19.3 Å². The zero-order valence-electron chi connectivity index (χ0n) is 13.9. The lowest BCUT2D eigenvalue weighted by Crippen LogP contribution is -2.31. The van der Waals surface area contributed by atoms with Crippen molar-refractivity contribution in [1.82, 2.24) is 5.32 Å². The Morgan fingerprint density at radius 3 is 2.24 bits per heavy atom. The van der Waals surface area contributed by atoms with E-state index in [0.29, 0.717) is 24.5 Å². The van der Waals surface area contributed by atoms with Crippen LogP contribution in [0.4, 0.5) is 0 Å². The molecule has 9 heteroatoms. The second-order valence-electron chi connectivity index (χ2n) is 5.07. The molecular formula is C16H24ClNO7. The zero-order chi connectivity index (χ0) is 19.2. The number of carbonyl (C=O) groups is 2. The maximum absolute atomic E-state index is 9.72. The standard InChI is InChI=1S/C14H22ClNO3.C2H2O4/c1-11(12-3-5-13(15)6-4-12)19-10-14(18)9-16-7-2-8-17;3-1(4)2(5)6/h3-6,11,14,16-18H,2,7-10H2,1H3;(H,3,4)(H,5,6). The molecule has 142 valence electrons. The third-order valence-electron chi connectivity index (χ3n) is 2.95. The number of halogens is 1.